The third kappa shape index (κ3) is 4.55. The van der Waals surface area contributed by atoms with E-state index >= 15 is 0 Å². The number of benzene rings is 2. The standard InChI is InChI=1S/C17H15BrClFN2O2/c1-10-7-14(16(18)11(2)17(10)19)24-9-15(23)22-21-8-12-5-3-4-6-13(12)20/h3-8H,9H2,1-2H3,(H,22,23)/b21-8+. The van der Waals surface area contributed by atoms with Crippen molar-refractivity contribution in [2.24, 2.45) is 5.10 Å². The molecule has 0 aromatic heterocycles. The monoisotopic (exact) mass is 412 g/mol. The molecule has 0 fully saturated rings. The van der Waals surface area contributed by atoms with Crippen LogP contribution in [0.2, 0.25) is 5.02 Å². The fraction of sp³-hybridized carbons (Fsp3) is 0.176. The number of halogens is 3. The Balaban J connectivity index is 1.94. The average molecular weight is 414 g/mol. The van der Waals surface area contributed by atoms with Crippen LogP contribution in [-0.4, -0.2) is 18.7 Å². The van der Waals surface area contributed by atoms with Gasteiger partial charge in [-0.2, -0.15) is 5.10 Å². The smallest absolute Gasteiger partial charge is 0.277 e. The molecule has 126 valence electrons. The van der Waals surface area contributed by atoms with E-state index in [1.807, 2.05) is 13.8 Å². The van der Waals surface area contributed by atoms with Crippen molar-refractivity contribution >= 4 is 39.7 Å². The van der Waals surface area contributed by atoms with Gasteiger partial charge < -0.3 is 4.74 Å². The van der Waals surface area contributed by atoms with E-state index in [1.54, 1.807) is 24.3 Å². The molecule has 24 heavy (non-hydrogen) atoms. The minimum absolute atomic E-state index is 0.228. The molecule has 0 bridgehead atoms. The normalized spacial score (nSPS) is 10.9. The quantitative estimate of drug-likeness (QED) is 0.584. The lowest BCUT2D eigenvalue weighted by molar-refractivity contribution is -0.123. The number of ether oxygens (including phenoxy) is 1. The molecule has 0 atom stereocenters. The fourth-order valence-electron chi connectivity index (χ4n) is 1.93. The number of hydrogen-bond acceptors (Lipinski definition) is 3. The van der Waals surface area contributed by atoms with E-state index in [-0.39, 0.29) is 12.2 Å². The van der Waals surface area contributed by atoms with Gasteiger partial charge in [0.1, 0.15) is 11.6 Å². The minimum Gasteiger partial charge on any atom is -0.483 e. The Morgan fingerprint density at radius 1 is 1.42 bits per heavy atom. The molecule has 7 heteroatoms. The summed E-state index contributed by atoms with van der Waals surface area (Å²) in [5.74, 6) is -0.356. The summed E-state index contributed by atoms with van der Waals surface area (Å²) < 4.78 is 19.6. The van der Waals surface area contributed by atoms with Crippen LogP contribution in [0.1, 0.15) is 16.7 Å². The van der Waals surface area contributed by atoms with E-state index in [4.69, 9.17) is 16.3 Å². The van der Waals surface area contributed by atoms with E-state index in [2.05, 4.69) is 26.5 Å². The maximum Gasteiger partial charge on any atom is 0.277 e. The summed E-state index contributed by atoms with van der Waals surface area (Å²) in [7, 11) is 0. The first-order valence-electron chi connectivity index (χ1n) is 7.04. The second kappa shape index (κ2) is 8.26. The van der Waals surface area contributed by atoms with Crippen LogP contribution >= 0.6 is 27.5 Å². The lowest BCUT2D eigenvalue weighted by atomic mass is 10.1. The number of aryl methyl sites for hydroxylation is 1. The van der Waals surface area contributed by atoms with Crippen LogP contribution in [0.15, 0.2) is 39.9 Å². The molecule has 0 aliphatic heterocycles. The van der Waals surface area contributed by atoms with E-state index in [9.17, 15) is 9.18 Å². The van der Waals surface area contributed by atoms with Gasteiger partial charge >= 0.3 is 0 Å². The number of carbonyl (C=O) groups excluding carboxylic acids is 1. The highest BCUT2D eigenvalue weighted by Gasteiger charge is 2.12. The van der Waals surface area contributed by atoms with Gasteiger partial charge in [-0.1, -0.05) is 29.8 Å². The summed E-state index contributed by atoms with van der Waals surface area (Å²) in [5.41, 5.74) is 4.26. The van der Waals surface area contributed by atoms with Crippen LogP contribution in [-0.2, 0) is 4.79 Å². The molecule has 0 aliphatic carbocycles. The Labute approximate surface area is 152 Å². The third-order valence-corrected chi connectivity index (χ3v) is 4.79. The SMILES string of the molecule is Cc1cc(OCC(=O)N/N=C/c2ccccc2F)c(Br)c(C)c1Cl. The van der Waals surface area contributed by atoms with Gasteiger partial charge in [0, 0.05) is 10.6 Å². The van der Waals surface area contributed by atoms with E-state index in [0.717, 1.165) is 11.1 Å². The van der Waals surface area contributed by atoms with Crippen molar-refractivity contribution in [1.82, 2.24) is 5.43 Å². The first-order valence-corrected chi connectivity index (χ1v) is 8.21. The maximum atomic E-state index is 13.4. The zero-order valence-electron chi connectivity index (χ0n) is 13.1. The Morgan fingerprint density at radius 2 is 2.12 bits per heavy atom. The molecule has 0 heterocycles. The highest BCUT2D eigenvalue weighted by atomic mass is 79.9. The molecular formula is C17H15BrClFN2O2. The maximum absolute atomic E-state index is 13.4. The second-order valence-corrected chi connectivity index (χ2v) is 6.22. The summed E-state index contributed by atoms with van der Waals surface area (Å²) in [6.45, 7) is 3.48. The van der Waals surface area contributed by atoms with Gasteiger partial charge in [-0.15, -0.1) is 0 Å². The Bertz CT molecular complexity index is 796. The molecule has 4 nitrogen and oxygen atoms in total. The van der Waals surface area contributed by atoms with E-state index in [1.165, 1.54) is 12.3 Å². The Hall–Kier alpha value is -1.92. The number of hydrogen-bond donors (Lipinski definition) is 1. The predicted octanol–water partition coefficient (Wildman–Crippen LogP) is 4.39. The molecule has 0 saturated heterocycles. The van der Waals surface area contributed by atoms with Gasteiger partial charge in [0.2, 0.25) is 0 Å². The number of rotatable bonds is 5. The van der Waals surface area contributed by atoms with Crippen molar-refractivity contribution < 1.29 is 13.9 Å². The summed E-state index contributed by atoms with van der Waals surface area (Å²) >= 11 is 9.54. The van der Waals surface area contributed by atoms with Gasteiger partial charge in [0.25, 0.3) is 5.91 Å². The lowest BCUT2D eigenvalue weighted by Gasteiger charge is -2.12. The minimum atomic E-state index is -0.459. The Kier molecular flexibility index (Phi) is 6.34. The number of carbonyl (C=O) groups is 1. The van der Waals surface area contributed by atoms with Crippen LogP contribution in [0.5, 0.6) is 5.75 Å². The molecule has 0 radical (unpaired) electrons. The summed E-state index contributed by atoms with van der Waals surface area (Å²) in [6, 6.07) is 7.87. The van der Waals surface area contributed by atoms with Crippen LogP contribution in [0.3, 0.4) is 0 Å². The van der Waals surface area contributed by atoms with Crippen molar-refractivity contribution in [1.29, 1.82) is 0 Å². The molecule has 2 rings (SSSR count). The molecule has 2 aromatic carbocycles. The highest BCUT2D eigenvalue weighted by molar-refractivity contribution is 9.10. The molecule has 0 saturated carbocycles. The zero-order valence-corrected chi connectivity index (χ0v) is 15.4. The molecule has 1 amide bonds. The number of hydrazone groups is 1. The molecule has 1 N–H and O–H groups in total. The average Bonchev–Trinajstić information content (AvgIpc) is 2.57. The first kappa shape index (κ1) is 18.4. The number of nitrogens with zero attached hydrogens (tertiary/aromatic N) is 1. The van der Waals surface area contributed by atoms with E-state index < -0.39 is 11.7 Å². The van der Waals surface area contributed by atoms with Crippen molar-refractivity contribution in [2.75, 3.05) is 6.61 Å². The summed E-state index contributed by atoms with van der Waals surface area (Å²) in [6.07, 6.45) is 1.24. The Morgan fingerprint density at radius 3 is 2.83 bits per heavy atom. The van der Waals surface area contributed by atoms with Crippen LogP contribution in [0, 0.1) is 19.7 Å². The first-order chi connectivity index (χ1) is 11.4. The second-order valence-electron chi connectivity index (χ2n) is 5.05. The van der Waals surface area contributed by atoms with Crippen LogP contribution in [0.4, 0.5) is 4.39 Å². The number of nitrogens with one attached hydrogen (secondary N) is 1. The van der Waals surface area contributed by atoms with Gasteiger partial charge in [-0.05, 0) is 53.0 Å². The van der Waals surface area contributed by atoms with Gasteiger partial charge in [0.15, 0.2) is 6.61 Å². The van der Waals surface area contributed by atoms with Crippen molar-refractivity contribution in [2.45, 2.75) is 13.8 Å². The molecular weight excluding hydrogens is 399 g/mol. The topological polar surface area (TPSA) is 50.7 Å². The van der Waals surface area contributed by atoms with Gasteiger partial charge in [-0.3, -0.25) is 4.79 Å². The molecule has 2 aromatic rings. The predicted molar refractivity (Wildman–Crippen MR) is 96.3 cm³/mol. The van der Waals surface area contributed by atoms with Crippen molar-refractivity contribution in [3.8, 4) is 5.75 Å². The molecule has 0 spiro atoms. The fourth-order valence-corrected chi connectivity index (χ4v) is 2.62. The zero-order chi connectivity index (χ0) is 17.7. The molecule has 0 aliphatic rings. The van der Waals surface area contributed by atoms with E-state index in [0.29, 0.717) is 15.2 Å². The van der Waals surface area contributed by atoms with Crippen LogP contribution < -0.4 is 10.2 Å². The van der Waals surface area contributed by atoms with Crippen molar-refractivity contribution in [3.63, 3.8) is 0 Å². The lowest BCUT2D eigenvalue weighted by Crippen LogP contribution is -2.24. The molecule has 0 unspecified atom stereocenters. The highest BCUT2D eigenvalue weighted by Crippen LogP contribution is 2.35. The van der Waals surface area contributed by atoms with Crippen molar-refractivity contribution in [3.05, 3.63) is 62.3 Å². The largest absolute Gasteiger partial charge is 0.483 e. The summed E-state index contributed by atoms with van der Waals surface area (Å²) in [5, 5.41) is 4.36. The summed E-state index contributed by atoms with van der Waals surface area (Å²) in [4.78, 5) is 11.8. The number of amides is 1. The van der Waals surface area contributed by atoms with Crippen LogP contribution in [0.25, 0.3) is 0 Å². The third-order valence-electron chi connectivity index (χ3n) is 3.23. The van der Waals surface area contributed by atoms with Gasteiger partial charge in [0.05, 0.1) is 10.7 Å². The van der Waals surface area contributed by atoms with Gasteiger partial charge in [-0.25, -0.2) is 9.82 Å².